The van der Waals surface area contributed by atoms with Crippen molar-refractivity contribution >= 4 is 27.5 Å². The summed E-state index contributed by atoms with van der Waals surface area (Å²) in [4.78, 5) is 14.4. The summed E-state index contributed by atoms with van der Waals surface area (Å²) in [6.07, 6.45) is 0.692. The van der Waals surface area contributed by atoms with Crippen molar-refractivity contribution in [1.29, 1.82) is 0 Å². The topological polar surface area (TPSA) is 63.7 Å². The lowest BCUT2D eigenvalue weighted by atomic mass is 9.78. The van der Waals surface area contributed by atoms with E-state index in [1.165, 1.54) is 23.1 Å². The third-order valence-corrected chi connectivity index (χ3v) is 8.83. The van der Waals surface area contributed by atoms with Crippen molar-refractivity contribution in [3.05, 3.63) is 64.4 Å². The molecule has 2 aromatic rings. The van der Waals surface area contributed by atoms with E-state index in [0.29, 0.717) is 23.4 Å². The SMILES string of the molecule is CC(C)(C)OC(=O)N1CCC2(S(=O)(=O)c3cccc(F)c3)c3ccc(Cl)cc3CCC12. The quantitative estimate of drug-likeness (QED) is 0.618. The van der Waals surface area contributed by atoms with E-state index in [1.54, 1.807) is 39.0 Å². The number of carbonyl (C=O) groups excluding carboxylic acids is 1. The van der Waals surface area contributed by atoms with Gasteiger partial charge in [-0.15, -0.1) is 0 Å². The molecule has 8 heteroatoms. The first-order valence-electron chi connectivity index (χ1n) is 10.2. The molecular formula is C23H25ClFNO4S. The standard InChI is InChI=1S/C23H25ClFNO4S/c1-22(2,3)30-21(27)26-12-11-23(31(28,29)18-6-4-5-17(25)14-18)19-9-8-16(24)13-15(19)7-10-20(23)26/h4-6,8-9,13-14,20H,7,10-12H2,1-3H3. The molecule has 1 saturated heterocycles. The first-order chi connectivity index (χ1) is 14.5. The summed E-state index contributed by atoms with van der Waals surface area (Å²) in [5, 5.41) is 0.525. The fourth-order valence-electron chi connectivity index (χ4n) is 4.88. The van der Waals surface area contributed by atoms with Crippen LogP contribution in [0.4, 0.5) is 9.18 Å². The maximum atomic E-state index is 14.1. The van der Waals surface area contributed by atoms with Gasteiger partial charge in [-0.2, -0.15) is 0 Å². The van der Waals surface area contributed by atoms with Gasteiger partial charge < -0.3 is 9.64 Å². The average molecular weight is 466 g/mol. The minimum absolute atomic E-state index is 0.0914. The summed E-state index contributed by atoms with van der Waals surface area (Å²) in [6.45, 7) is 5.55. The van der Waals surface area contributed by atoms with E-state index >= 15 is 0 Å². The molecule has 2 unspecified atom stereocenters. The number of hydrogen-bond acceptors (Lipinski definition) is 4. The molecule has 166 valence electrons. The van der Waals surface area contributed by atoms with Gasteiger partial charge in [-0.05, 0) is 81.5 Å². The third-order valence-electron chi connectivity index (χ3n) is 6.06. The Kier molecular flexibility index (Phi) is 5.33. The summed E-state index contributed by atoms with van der Waals surface area (Å²) >= 11 is 6.19. The molecule has 0 aromatic heterocycles. The van der Waals surface area contributed by atoms with Crippen LogP contribution >= 0.6 is 11.6 Å². The van der Waals surface area contributed by atoms with E-state index in [9.17, 15) is 17.6 Å². The number of halogens is 2. The maximum Gasteiger partial charge on any atom is 0.410 e. The second kappa shape index (κ2) is 7.48. The monoisotopic (exact) mass is 465 g/mol. The van der Waals surface area contributed by atoms with Gasteiger partial charge in [-0.25, -0.2) is 17.6 Å². The predicted molar refractivity (Wildman–Crippen MR) is 116 cm³/mol. The van der Waals surface area contributed by atoms with Crippen LogP contribution < -0.4 is 0 Å². The fraction of sp³-hybridized carbons (Fsp3) is 0.435. The molecule has 1 aliphatic heterocycles. The average Bonchev–Trinajstić information content (AvgIpc) is 3.08. The number of aryl methyl sites for hydroxylation is 1. The second-order valence-electron chi connectivity index (χ2n) is 9.13. The van der Waals surface area contributed by atoms with Gasteiger partial charge in [0.2, 0.25) is 0 Å². The number of likely N-dealkylation sites (tertiary alicyclic amines) is 1. The van der Waals surface area contributed by atoms with Gasteiger partial charge in [0.1, 0.15) is 16.2 Å². The Labute approximate surface area is 187 Å². The van der Waals surface area contributed by atoms with Gasteiger partial charge in [-0.1, -0.05) is 23.7 Å². The Balaban J connectivity index is 1.89. The summed E-state index contributed by atoms with van der Waals surface area (Å²) in [5.41, 5.74) is 0.766. The molecule has 0 spiro atoms. The van der Waals surface area contributed by atoms with Crippen molar-refractivity contribution < 1.29 is 22.3 Å². The normalized spacial score (nSPS) is 23.3. The Hall–Kier alpha value is -2.12. The molecule has 0 radical (unpaired) electrons. The van der Waals surface area contributed by atoms with Crippen molar-refractivity contribution in [1.82, 2.24) is 4.90 Å². The van der Waals surface area contributed by atoms with E-state index in [-0.39, 0.29) is 17.9 Å². The Morgan fingerprint density at radius 1 is 1.23 bits per heavy atom. The van der Waals surface area contributed by atoms with Gasteiger partial charge in [0.15, 0.2) is 9.84 Å². The van der Waals surface area contributed by atoms with E-state index in [2.05, 4.69) is 0 Å². The van der Waals surface area contributed by atoms with Gasteiger partial charge in [0, 0.05) is 11.6 Å². The number of rotatable bonds is 2. The van der Waals surface area contributed by atoms with Crippen LogP contribution in [0.5, 0.6) is 0 Å². The van der Waals surface area contributed by atoms with Crippen molar-refractivity contribution in [2.24, 2.45) is 0 Å². The smallest absolute Gasteiger partial charge is 0.410 e. The Bertz CT molecular complexity index is 1140. The molecule has 2 aliphatic rings. The molecule has 1 heterocycles. The van der Waals surface area contributed by atoms with E-state index in [0.717, 1.165) is 11.6 Å². The number of ether oxygens (including phenoxy) is 1. The molecule has 2 atom stereocenters. The minimum atomic E-state index is -4.05. The lowest BCUT2D eigenvalue weighted by Crippen LogP contribution is -2.52. The van der Waals surface area contributed by atoms with Crippen molar-refractivity contribution in [2.75, 3.05) is 6.54 Å². The molecular weight excluding hydrogens is 441 g/mol. The highest BCUT2D eigenvalue weighted by Gasteiger charge is 2.61. The zero-order valence-electron chi connectivity index (χ0n) is 17.7. The number of hydrogen-bond donors (Lipinski definition) is 0. The second-order valence-corrected chi connectivity index (χ2v) is 11.8. The third kappa shape index (κ3) is 3.61. The van der Waals surface area contributed by atoms with Crippen LogP contribution in [0.3, 0.4) is 0 Å². The van der Waals surface area contributed by atoms with E-state index in [1.807, 2.05) is 0 Å². The predicted octanol–water partition coefficient (Wildman–Crippen LogP) is 5.10. The Morgan fingerprint density at radius 3 is 2.65 bits per heavy atom. The summed E-state index contributed by atoms with van der Waals surface area (Å²) in [5.74, 6) is -0.622. The molecule has 5 nitrogen and oxygen atoms in total. The van der Waals surface area contributed by atoms with Crippen LogP contribution in [-0.4, -0.2) is 37.6 Å². The fourth-order valence-corrected chi connectivity index (χ4v) is 7.47. The minimum Gasteiger partial charge on any atom is -0.444 e. The first kappa shape index (κ1) is 22.1. The van der Waals surface area contributed by atoms with Crippen LogP contribution in [-0.2, 0) is 25.7 Å². The molecule has 0 N–H and O–H groups in total. The highest BCUT2D eigenvalue weighted by atomic mass is 35.5. The molecule has 4 rings (SSSR count). The first-order valence-corrected chi connectivity index (χ1v) is 12.1. The number of fused-ring (bicyclic) bond motifs is 3. The van der Waals surface area contributed by atoms with Crippen molar-refractivity contribution in [2.45, 2.75) is 61.3 Å². The van der Waals surface area contributed by atoms with Gasteiger partial charge in [0.05, 0.1) is 10.9 Å². The highest BCUT2D eigenvalue weighted by molar-refractivity contribution is 7.92. The number of amides is 1. The van der Waals surface area contributed by atoms with Gasteiger partial charge >= 0.3 is 6.09 Å². The number of nitrogens with zero attached hydrogens (tertiary/aromatic N) is 1. The van der Waals surface area contributed by atoms with Crippen molar-refractivity contribution in [3.8, 4) is 0 Å². The molecule has 0 saturated carbocycles. The number of benzene rings is 2. The highest BCUT2D eigenvalue weighted by Crippen LogP contribution is 2.53. The summed E-state index contributed by atoms with van der Waals surface area (Å²) in [7, 11) is -4.05. The van der Waals surface area contributed by atoms with Crippen LogP contribution in [0.1, 0.15) is 44.7 Å². The molecule has 31 heavy (non-hydrogen) atoms. The molecule has 2 aromatic carbocycles. The molecule has 0 bridgehead atoms. The molecule has 1 amide bonds. The van der Waals surface area contributed by atoms with E-state index < -0.39 is 38.1 Å². The molecule has 1 fully saturated rings. The van der Waals surface area contributed by atoms with Crippen LogP contribution in [0.15, 0.2) is 47.4 Å². The Morgan fingerprint density at radius 2 is 1.97 bits per heavy atom. The van der Waals surface area contributed by atoms with Crippen LogP contribution in [0, 0.1) is 5.82 Å². The van der Waals surface area contributed by atoms with Crippen LogP contribution in [0.2, 0.25) is 5.02 Å². The zero-order chi connectivity index (χ0) is 22.6. The van der Waals surface area contributed by atoms with Gasteiger partial charge in [-0.3, -0.25) is 0 Å². The van der Waals surface area contributed by atoms with Crippen LogP contribution in [0.25, 0.3) is 0 Å². The van der Waals surface area contributed by atoms with Crippen molar-refractivity contribution in [3.63, 3.8) is 0 Å². The van der Waals surface area contributed by atoms with E-state index in [4.69, 9.17) is 16.3 Å². The number of sulfone groups is 1. The lowest BCUT2D eigenvalue weighted by Gasteiger charge is -2.42. The van der Waals surface area contributed by atoms with Gasteiger partial charge in [0.25, 0.3) is 0 Å². The summed E-state index contributed by atoms with van der Waals surface area (Å²) in [6, 6.07) is 9.62. The molecule has 1 aliphatic carbocycles. The summed E-state index contributed by atoms with van der Waals surface area (Å²) < 4.78 is 46.3. The maximum absolute atomic E-state index is 14.1. The zero-order valence-corrected chi connectivity index (χ0v) is 19.3. The number of carbonyl (C=O) groups is 1. The largest absolute Gasteiger partial charge is 0.444 e. The lowest BCUT2D eigenvalue weighted by molar-refractivity contribution is 0.0202.